The minimum absolute atomic E-state index is 0.387. The fourth-order valence-corrected chi connectivity index (χ4v) is 0.806. The molecule has 2 N–H and O–H groups in total. The van der Waals surface area contributed by atoms with Crippen molar-refractivity contribution in [1.82, 2.24) is 0 Å². The van der Waals surface area contributed by atoms with Crippen molar-refractivity contribution in [3.63, 3.8) is 0 Å². The zero-order valence-electron chi connectivity index (χ0n) is 8.52. The summed E-state index contributed by atoms with van der Waals surface area (Å²) in [4.78, 5) is 10.3. The molecule has 0 atom stereocenters. The van der Waals surface area contributed by atoms with E-state index < -0.39 is 0 Å². The molecule has 1 amide bonds. The quantitative estimate of drug-likeness (QED) is 0.391. The molecule has 0 radical (unpaired) electrons. The van der Waals surface area contributed by atoms with Gasteiger partial charge in [0.25, 0.3) is 0 Å². The number of primary amides is 1. The molecule has 0 aromatic heterocycles. The molecule has 0 aliphatic carbocycles. The lowest BCUT2D eigenvalue weighted by molar-refractivity contribution is -0.113. The summed E-state index contributed by atoms with van der Waals surface area (Å²) in [6, 6.07) is 0. The van der Waals surface area contributed by atoms with Crippen molar-refractivity contribution in [3.8, 4) is 0 Å². The minimum Gasteiger partial charge on any atom is -0.366 e. The van der Waals surface area contributed by atoms with E-state index in [1.165, 1.54) is 6.08 Å². The third kappa shape index (κ3) is 10.4. The highest BCUT2D eigenvalue weighted by Gasteiger charge is 1.80. The van der Waals surface area contributed by atoms with Gasteiger partial charge in [-0.05, 0) is 25.8 Å². The molecule has 0 spiro atoms. The van der Waals surface area contributed by atoms with Gasteiger partial charge in [-0.25, -0.2) is 0 Å². The molecular weight excluding hydrogens is 174 g/mol. The topological polar surface area (TPSA) is 43.1 Å². The van der Waals surface area contributed by atoms with Crippen LogP contribution < -0.4 is 5.73 Å². The Morgan fingerprint density at radius 2 is 1.71 bits per heavy atom. The minimum atomic E-state index is -0.387. The Kier molecular flexibility index (Phi) is 8.45. The van der Waals surface area contributed by atoms with Gasteiger partial charge in [0.15, 0.2) is 0 Å². The summed E-state index contributed by atoms with van der Waals surface area (Å²) in [6.45, 7) is 1.97. The predicted octanol–water partition coefficient (Wildman–Crippen LogP) is 2.50. The number of hydrogen-bond acceptors (Lipinski definition) is 1. The summed E-state index contributed by atoms with van der Waals surface area (Å²) >= 11 is 0. The first kappa shape index (κ1) is 12.4. The highest BCUT2D eigenvalue weighted by Crippen LogP contribution is 1.93. The fraction of sp³-hybridized carbons (Fsp3) is 0.250. The second-order valence-electron chi connectivity index (χ2n) is 2.72. The average molecular weight is 191 g/mol. The molecule has 0 rings (SSSR count). The van der Waals surface area contributed by atoms with Crippen molar-refractivity contribution in [3.05, 3.63) is 48.6 Å². The van der Waals surface area contributed by atoms with E-state index >= 15 is 0 Å². The van der Waals surface area contributed by atoms with Gasteiger partial charge in [-0.2, -0.15) is 0 Å². The lowest BCUT2D eigenvalue weighted by atomic mass is 10.2. The second-order valence-corrected chi connectivity index (χ2v) is 2.72. The summed E-state index contributed by atoms with van der Waals surface area (Å²) < 4.78 is 0. The van der Waals surface area contributed by atoms with Crippen molar-refractivity contribution in [2.75, 3.05) is 0 Å². The maximum absolute atomic E-state index is 10.3. The maximum Gasteiger partial charge on any atom is 0.241 e. The van der Waals surface area contributed by atoms with Gasteiger partial charge in [-0.15, -0.1) is 0 Å². The Bertz CT molecular complexity index is 259. The van der Waals surface area contributed by atoms with Gasteiger partial charge in [-0.3, -0.25) is 4.79 Å². The second kappa shape index (κ2) is 9.52. The molecule has 0 unspecified atom stereocenters. The van der Waals surface area contributed by atoms with E-state index in [0.717, 1.165) is 12.8 Å². The first-order valence-corrected chi connectivity index (χ1v) is 4.68. The molecule has 2 heteroatoms. The van der Waals surface area contributed by atoms with Crippen LogP contribution in [-0.2, 0) is 4.79 Å². The van der Waals surface area contributed by atoms with Gasteiger partial charge in [0.1, 0.15) is 0 Å². The highest BCUT2D eigenvalue weighted by atomic mass is 16.1. The van der Waals surface area contributed by atoms with Crippen LogP contribution in [-0.4, -0.2) is 5.91 Å². The zero-order valence-corrected chi connectivity index (χ0v) is 8.52. The van der Waals surface area contributed by atoms with Crippen LogP contribution in [0.4, 0.5) is 0 Å². The van der Waals surface area contributed by atoms with Crippen LogP contribution in [0.3, 0.4) is 0 Å². The summed E-state index contributed by atoms with van der Waals surface area (Å²) in [5.74, 6) is -0.387. The van der Waals surface area contributed by atoms with Crippen LogP contribution >= 0.6 is 0 Å². The molecular formula is C12H17NO. The van der Waals surface area contributed by atoms with E-state index in [1.54, 1.807) is 6.08 Å². The number of nitrogens with two attached hydrogens (primary N) is 1. The summed E-state index contributed by atoms with van der Waals surface area (Å²) in [5, 5.41) is 0. The Labute approximate surface area is 85.5 Å². The first-order valence-electron chi connectivity index (χ1n) is 4.68. The molecule has 14 heavy (non-hydrogen) atoms. The van der Waals surface area contributed by atoms with Crippen molar-refractivity contribution < 1.29 is 4.79 Å². The average Bonchev–Trinajstić information content (AvgIpc) is 2.15. The monoisotopic (exact) mass is 191 g/mol. The summed E-state index contributed by atoms with van der Waals surface area (Å²) in [5.41, 5.74) is 4.93. The Balaban J connectivity index is 3.49. The maximum atomic E-state index is 10.3. The van der Waals surface area contributed by atoms with Gasteiger partial charge in [0.2, 0.25) is 5.91 Å². The molecule has 0 heterocycles. The molecule has 0 aliphatic heterocycles. The van der Waals surface area contributed by atoms with Crippen LogP contribution in [0.5, 0.6) is 0 Å². The van der Waals surface area contributed by atoms with E-state index in [4.69, 9.17) is 5.73 Å². The first-order chi connectivity index (χ1) is 6.77. The number of amides is 1. The number of rotatable bonds is 6. The van der Waals surface area contributed by atoms with Crippen molar-refractivity contribution in [1.29, 1.82) is 0 Å². The van der Waals surface area contributed by atoms with E-state index in [0.29, 0.717) is 0 Å². The lowest BCUT2D eigenvalue weighted by Gasteiger charge is -1.84. The van der Waals surface area contributed by atoms with Crippen LogP contribution in [0.25, 0.3) is 0 Å². The Morgan fingerprint density at radius 1 is 1.07 bits per heavy atom. The van der Waals surface area contributed by atoms with Crippen LogP contribution in [0.15, 0.2) is 48.6 Å². The standard InChI is InChI=1S/C12H17NO/c1-2-3-4-5-6-7-8-9-10-11-12(13)14/h2-7,10-11H,8-9H2,1H3,(H2,13,14)/b3-2+,5-4+,7-6-,11-10+. The molecule has 76 valence electrons. The molecule has 0 saturated carbocycles. The van der Waals surface area contributed by atoms with E-state index in [2.05, 4.69) is 0 Å². The van der Waals surface area contributed by atoms with Crippen molar-refractivity contribution >= 4 is 5.91 Å². The lowest BCUT2D eigenvalue weighted by Crippen LogP contribution is -2.05. The summed E-state index contributed by atoms with van der Waals surface area (Å²) in [6.07, 6.45) is 16.8. The third-order valence-electron chi connectivity index (χ3n) is 1.44. The van der Waals surface area contributed by atoms with Gasteiger partial charge in [-0.1, -0.05) is 42.5 Å². The molecule has 2 nitrogen and oxygen atoms in total. The van der Waals surface area contributed by atoms with E-state index in [-0.39, 0.29) is 5.91 Å². The van der Waals surface area contributed by atoms with Gasteiger partial charge in [0.05, 0.1) is 0 Å². The number of unbranched alkanes of at least 4 members (excludes halogenated alkanes) is 1. The SMILES string of the molecule is C/C=C/C=C/C=C\CC/C=C/C(N)=O. The molecule has 0 fully saturated rings. The Hall–Kier alpha value is -1.57. The van der Waals surface area contributed by atoms with Crippen LogP contribution in [0, 0.1) is 0 Å². The molecule has 0 aromatic carbocycles. The number of carbonyl (C=O) groups excluding carboxylic acids is 1. The van der Waals surface area contributed by atoms with E-state index in [9.17, 15) is 4.79 Å². The highest BCUT2D eigenvalue weighted by molar-refractivity contribution is 5.85. The van der Waals surface area contributed by atoms with E-state index in [1.807, 2.05) is 43.4 Å². The molecule has 0 saturated heterocycles. The number of hydrogen-bond donors (Lipinski definition) is 1. The Morgan fingerprint density at radius 3 is 2.36 bits per heavy atom. The molecule has 0 aromatic rings. The van der Waals surface area contributed by atoms with Crippen molar-refractivity contribution in [2.24, 2.45) is 5.73 Å². The normalized spacial score (nSPS) is 12.6. The number of allylic oxidation sites excluding steroid dienone is 7. The predicted molar refractivity (Wildman–Crippen MR) is 60.7 cm³/mol. The van der Waals surface area contributed by atoms with Gasteiger partial charge in [0, 0.05) is 0 Å². The van der Waals surface area contributed by atoms with Gasteiger partial charge < -0.3 is 5.73 Å². The van der Waals surface area contributed by atoms with Gasteiger partial charge >= 0.3 is 0 Å². The van der Waals surface area contributed by atoms with Crippen LogP contribution in [0.2, 0.25) is 0 Å². The summed E-state index contributed by atoms with van der Waals surface area (Å²) in [7, 11) is 0. The fourth-order valence-electron chi connectivity index (χ4n) is 0.806. The smallest absolute Gasteiger partial charge is 0.241 e. The van der Waals surface area contributed by atoms with Crippen molar-refractivity contribution in [2.45, 2.75) is 19.8 Å². The number of carbonyl (C=O) groups is 1. The largest absolute Gasteiger partial charge is 0.366 e. The van der Waals surface area contributed by atoms with Crippen LogP contribution in [0.1, 0.15) is 19.8 Å². The molecule has 0 bridgehead atoms. The zero-order chi connectivity index (χ0) is 10.6. The molecule has 0 aliphatic rings. The third-order valence-corrected chi connectivity index (χ3v) is 1.44.